The van der Waals surface area contributed by atoms with Crippen LogP contribution in [0.1, 0.15) is 44.4 Å². The zero-order valence-electron chi connectivity index (χ0n) is 17.1. The lowest BCUT2D eigenvalue weighted by Crippen LogP contribution is -2.54. The molecule has 1 fully saturated rings. The Morgan fingerprint density at radius 2 is 2.11 bits per heavy atom. The highest BCUT2D eigenvalue weighted by Gasteiger charge is 2.28. The van der Waals surface area contributed by atoms with Crippen molar-refractivity contribution in [1.29, 1.82) is 0 Å². The molecule has 2 atom stereocenters. The van der Waals surface area contributed by atoms with Gasteiger partial charge in [0.2, 0.25) is 5.91 Å². The summed E-state index contributed by atoms with van der Waals surface area (Å²) in [5, 5.41) is 19.1. The number of nitrogens with one attached hydrogen (secondary N) is 1. The Balaban J connectivity index is 1.82. The lowest BCUT2D eigenvalue weighted by atomic mass is 10.0. The molecule has 1 amide bonds. The highest BCUT2D eigenvalue weighted by atomic mass is 16.3. The zero-order chi connectivity index (χ0) is 20.4. The monoisotopic (exact) mass is 386 g/mol. The molecule has 2 heterocycles. The number of hydrogen-bond donors (Lipinski definition) is 2. The first kappa shape index (κ1) is 20.5. The molecule has 3 rings (SSSR count). The Labute approximate surface area is 165 Å². The number of benzene rings is 1. The fourth-order valence-electron chi connectivity index (χ4n) is 3.80. The van der Waals surface area contributed by atoms with Crippen LogP contribution in [0.3, 0.4) is 0 Å². The minimum absolute atomic E-state index is 0.124. The predicted octanol–water partition coefficient (Wildman–Crippen LogP) is 1.40. The second-order valence-electron chi connectivity index (χ2n) is 7.98. The topological polar surface area (TPSA) is 87.5 Å². The van der Waals surface area contributed by atoms with Crippen molar-refractivity contribution in [3.63, 3.8) is 0 Å². The van der Waals surface area contributed by atoms with Gasteiger partial charge in [0.25, 0.3) is 5.56 Å². The molecule has 0 unspecified atom stereocenters. The summed E-state index contributed by atoms with van der Waals surface area (Å²) in [7, 11) is 0. The summed E-state index contributed by atoms with van der Waals surface area (Å²) in [5.41, 5.74) is 1.61. The van der Waals surface area contributed by atoms with E-state index >= 15 is 0 Å². The molecule has 0 saturated carbocycles. The molecule has 7 heteroatoms. The number of hydrogen-bond acceptors (Lipinski definition) is 5. The summed E-state index contributed by atoms with van der Waals surface area (Å²) in [6, 6.07) is 5.38. The van der Waals surface area contributed by atoms with Crippen LogP contribution in [0.15, 0.2) is 23.0 Å². The molecule has 1 aromatic heterocycles. The van der Waals surface area contributed by atoms with Crippen molar-refractivity contribution in [3.8, 4) is 0 Å². The van der Waals surface area contributed by atoms with Crippen LogP contribution in [0, 0.1) is 6.92 Å². The third-order valence-electron chi connectivity index (χ3n) is 5.44. The van der Waals surface area contributed by atoms with Crippen LogP contribution in [-0.4, -0.2) is 57.5 Å². The Morgan fingerprint density at radius 3 is 2.75 bits per heavy atom. The largest absolute Gasteiger partial charge is 0.390 e. The van der Waals surface area contributed by atoms with Crippen molar-refractivity contribution < 1.29 is 9.90 Å². The van der Waals surface area contributed by atoms with Gasteiger partial charge in [-0.25, -0.2) is 4.68 Å². The smallest absolute Gasteiger partial charge is 0.275 e. The van der Waals surface area contributed by atoms with E-state index < -0.39 is 6.10 Å². The highest BCUT2D eigenvalue weighted by molar-refractivity contribution is 5.85. The first-order valence-corrected chi connectivity index (χ1v) is 10.0. The molecule has 1 aromatic carbocycles. The number of carbonyl (C=O) groups is 1. The minimum atomic E-state index is -0.604. The third-order valence-corrected chi connectivity index (χ3v) is 5.44. The molecule has 7 nitrogen and oxygen atoms in total. The van der Waals surface area contributed by atoms with Gasteiger partial charge in [0.15, 0.2) is 0 Å². The molecule has 0 radical (unpaired) electrons. The normalized spacial score (nSPS) is 20.6. The number of likely N-dealkylation sites (N-methyl/N-ethyl adjacent to an activating group) is 1. The fraction of sp³-hybridized carbons (Fsp3) is 0.571. The standard InChI is InChI=1S/C21H30N4O3/c1-5-24-9-8-17(18(26)11-24)22-19(27)12-25-21(28)15-7-6-14(4)10-16(15)20(23-25)13(2)3/h6-7,10,13,17-18,26H,5,8-9,11-12H2,1-4H3,(H,22,27)/t17-,18+/m1/s1. The number of nitrogens with zero attached hydrogens (tertiary/aromatic N) is 3. The van der Waals surface area contributed by atoms with Gasteiger partial charge in [-0.2, -0.15) is 5.10 Å². The van der Waals surface area contributed by atoms with E-state index in [0.29, 0.717) is 18.4 Å². The SMILES string of the molecule is CCN1CC[C@@H](NC(=O)Cn2nc(C(C)C)c3cc(C)ccc3c2=O)[C@@H](O)C1. The maximum atomic E-state index is 12.9. The number of aliphatic hydroxyl groups is 1. The Hall–Kier alpha value is -2.25. The van der Waals surface area contributed by atoms with Crippen LogP contribution < -0.4 is 10.9 Å². The number of fused-ring (bicyclic) bond motifs is 1. The molecular weight excluding hydrogens is 356 g/mol. The summed E-state index contributed by atoms with van der Waals surface area (Å²) >= 11 is 0. The van der Waals surface area contributed by atoms with Crippen LogP contribution >= 0.6 is 0 Å². The number of aliphatic hydroxyl groups excluding tert-OH is 1. The van der Waals surface area contributed by atoms with Gasteiger partial charge in [-0.15, -0.1) is 0 Å². The van der Waals surface area contributed by atoms with Crippen molar-refractivity contribution >= 4 is 16.7 Å². The lowest BCUT2D eigenvalue weighted by molar-refractivity contribution is -0.124. The van der Waals surface area contributed by atoms with E-state index in [1.165, 1.54) is 4.68 Å². The molecule has 2 N–H and O–H groups in total. The Bertz CT molecular complexity index is 922. The van der Waals surface area contributed by atoms with Gasteiger partial charge in [0, 0.05) is 18.5 Å². The molecule has 0 bridgehead atoms. The molecule has 152 valence electrons. The molecule has 1 aliphatic heterocycles. The van der Waals surface area contributed by atoms with Crippen molar-refractivity contribution in [2.24, 2.45) is 0 Å². The first-order valence-electron chi connectivity index (χ1n) is 10.0. The fourth-order valence-corrected chi connectivity index (χ4v) is 3.80. The number of β-amino-alcohol motifs (C(OH)–C–C–N with tert-alkyl or cyclic N) is 1. The van der Waals surface area contributed by atoms with Crippen molar-refractivity contribution in [3.05, 3.63) is 39.8 Å². The van der Waals surface area contributed by atoms with E-state index in [0.717, 1.165) is 29.7 Å². The van der Waals surface area contributed by atoms with Crippen LogP contribution in [0.25, 0.3) is 10.8 Å². The quantitative estimate of drug-likeness (QED) is 0.811. The summed E-state index contributed by atoms with van der Waals surface area (Å²) in [5.74, 6) is -0.177. The second-order valence-corrected chi connectivity index (χ2v) is 7.98. The van der Waals surface area contributed by atoms with Crippen molar-refractivity contribution in [2.45, 2.75) is 58.7 Å². The number of carbonyl (C=O) groups excluding carboxylic acids is 1. The van der Waals surface area contributed by atoms with Gasteiger partial charge >= 0.3 is 0 Å². The number of likely N-dealkylation sites (tertiary alicyclic amines) is 1. The van der Waals surface area contributed by atoms with Crippen LogP contribution in [-0.2, 0) is 11.3 Å². The van der Waals surface area contributed by atoms with Crippen LogP contribution in [0.4, 0.5) is 0 Å². The van der Waals surface area contributed by atoms with Gasteiger partial charge < -0.3 is 15.3 Å². The molecular formula is C21H30N4O3. The summed E-state index contributed by atoms with van der Waals surface area (Å²) in [6.45, 7) is 10.2. The van der Waals surface area contributed by atoms with E-state index in [1.54, 1.807) is 6.07 Å². The van der Waals surface area contributed by atoms with E-state index in [4.69, 9.17) is 0 Å². The number of aryl methyl sites for hydroxylation is 1. The third kappa shape index (κ3) is 4.25. The molecule has 2 aromatic rings. The van der Waals surface area contributed by atoms with E-state index in [2.05, 4.69) is 22.2 Å². The lowest BCUT2D eigenvalue weighted by Gasteiger charge is -2.35. The second kappa shape index (κ2) is 8.41. The van der Waals surface area contributed by atoms with E-state index in [1.807, 2.05) is 32.9 Å². The molecule has 1 aliphatic rings. The number of rotatable bonds is 5. The van der Waals surface area contributed by atoms with Gasteiger partial charge in [-0.1, -0.05) is 32.4 Å². The molecule has 1 saturated heterocycles. The summed E-state index contributed by atoms with van der Waals surface area (Å²) < 4.78 is 1.25. The maximum absolute atomic E-state index is 12.9. The van der Waals surface area contributed by atoms with Crippen LogP contribution in [0.5, 0.6) is 0 Å². The summed E-state index contributed by atoms with van der Waals surface area (Å²) in [6.07, 6.45) is 0.0882. The molecule has 28 heavy (non-hydrogen) atoms. The van der Waals surface area contributed by atoms with Crippen molar-refractivity contribution in [2.75, 3.05) is 19.6 Å². The predicted molar refractivity (Wildman–Crippen MR) is 109 cm³/mol. The van der Waals surface area contributed by atoms with Gasteiger partial charge in [-0.05, 0) is 37.9 Å². The average Bonchev–Trinajstić information content (AvgIpc) is 2.65. The van der Waals surface area contributed by atoms with E-state index in [9.17, 15) is 14.7 Å². The van der Waals surface area contributed by atoms with Gasteiger partial charge in [0.1, 0.15) is 6.54 Å². The Morgan fingerprint density at radius 1 is 1.36 bits per heavy atom. The first-order chi connectivity index (χ1) is 13.3. The minimum Gasteiger partial charge on any atom is -0.390 e. The van der Waals surface area contributed by atoms with E-state index in [-0.39, 0.29) is 30.0 Å². The highest BCUT2D eigenvalue weighted by Crippen LogP contribution is 2.22. The maximum Gasteiger partial charge on any atom is 0.275 e. The van der Waals surface area contributed by atoms with Crippen LogP contribution in [0.2, 0.25) is 0 Å². The zero-order valence-corrected chi connectivity index (χ0v) is 17.1. The number of piperidine rings is 1. The van der Waals surface area contributed by atoms with Crippen molar-refractivity contribution in [1.82, 2.24) is 20.0 Å². The Kier molecular flexibility index (Phi) is 6.15. The summed E-state index contributed by atoms with van der Waals surface area (Å²) in [4.78, 5) is 27.6. The number of aromatic nitrogens is 2. The molecule has 0 aliphatic carbocycles. The number of amides is 1. The molecule has 0 spiro atoms. The average molecular weight is 386 g/mol. The van der Waals surface area contributed by atoms with Gasteiger partial charge in [-0.3, -0.25) is 9.59 Å². The van der Waals surface area contributed by atoms with Gasteiger partial charge in [0.05, 0.1) is 23.2 Å².